The van der Waals surface area contributed by atoms with Crippen LogP contribution in [0.15, 0.2) is 42.5 Å². The Labute approximate surface area is 166 Å². The number of amides is 3. The van der Waals surface area contributed by atoms with Crippen LogP contribution in [0.3, 0.4) is 0 Å². The minimum atomic E-state index is -0.537. The van der Waals surface area contributed by atoms with Crippen LogP contribution < -0.4 is 21.1 Å². The van der Waals surface area contributed by atoms with Crippen molar-refractivity contribution in [3.05, 3.63) is 58.9 Å². The van der Waals surface area contributed by atoms with Crippen molar-refractivity contribution in [1.29, 1.82) is 0 Å². The fraction of sp³-hybridized carbons (Fsp3) is 0.211. The zero-order valence-corrected chi connectivity index (χ0v) is 15.6. The number of primary amides is 1. The summed E-state index contributed by atoms with van der Waals surface area (Å²) in [5, 5.41) is 5.23. The molecule has 7 nitrogen and oxygen atoms in total. The minimum absolute atomic E-state index is 0.0000824. The number of rotatable bonds is 9. The van der Waals surface area contributed by atoms with Crippen LogP contribution in [-0.4, -0.2) is 30.9 Å². The molecular weight excluding hydrogens is 389 g/mol. The van der Waals surface area contributed by atoms with E-state index in [2.05, 4.69) is 10.6 Å². The number of carbonyl (C=O) groups is 3. The lowest BCUT2D eigenvalue weighted by atomic mass is 10.2. The van der Waals surface area contributed by atoms with Gasteiger partial charge in [0.25, 0.3) is 5.91 Å². The van der Waals surface area contributed by atoms with E-state index < -0.39 is 17.6 Å². The first-order chi connectivity index (χ1) is 13.3. The average molecular weight is 408 g/mol. The summed E-state index contributed by atoms with van der Waals surface area (Å²) in [5.41, 5.74) is 5.72. The maximum Gasteiger partial charge on any atom is 0.252 e. The maximum atomic E-state index is 13.0. The van der Waals surface area contributed by atoms with Gasteiger partial charge in [0.15, 0.2) is 0 Å². The first-order valence-electron chi connectivity index (χ1n) is 8.39. The Kier molecular flexibility index (Phi) is 7.76. The zero-order chi connectivity index (χ0) is 20.5. The molecule has 3 amide bonds. The van der Waals surface area contributed by atoms with Gasteiger partial charge >= 0.3 is 0 Å². The highest BCUT2D eigenvalue weighted by atomic mass is 35.5. The van der Waals surface area contributed by atoms with Crippen LogP contribution in [0.25, 0.3) is 0 Å². The van der Waals surface area contributed by atoms with Crippen LogP contribution in [-0.2, 0) is 9.59 Å². The molecule has 0 heterocycles. The fourth-order valence-electron chi connectivity index (χ4n) is 2.19. The second-order valence-electron chi connectivity index (χ2n) is 5.77. The summed E-state index contributed by atoms with van der Waals surface area (Å²) in [4.78, 5) is 34.6. The number of hydrogen-bond donors (Lipinski definition) is 3. The van der Waals surface area contributed by atoms with Gasteiger partial charge in [0.1, 0.15) is 11.6 Å². The molecule has 9 heteroatoms. The molecule has 0 saturated carbocycles. The van der Waals surface area contributed by atoms with Crippen molar-refractivity contribution in [3.8, 4) is 5.75 Å². The summed E-state index contributed by atoms with van der Waals surface area (Å²) < 4.78 is 18.3. The summed E-state index contributed by atoms with van der Waals surface area (Å²) in [6, 6.07) is 10.0. The molecule has 0 aromatic heterocycles. The molecule has 0 radical (unpaired) electrons. The summed E-state index contributed by atoms with van der Waals surface area (Å²) in [7, 11) is 0. The van der Waals surface area contributed by atoms with Crippen molar-refractivity contribution in [2.24, 2.45) is 5.73 Å². The Morgan fingerprint density at radius 1 is 1.07 bits per heavy atom. The molecule has 2 rings (SSSR count). The summed E-state index contributed by atoms with van der Waals surface area (Å²) >= 11 is 5.82. The smallest absolute Gasteiger partial charge is 0.252 e. The van der Waals surface area contributed by atoms with E-state index in [-0.39, 0.29) is 42.5 Å². The number of hydrogen-bond acceptors (Lipinski definition) is 4. The van der Waals surface area contributed by atoms with Gasteiger partial charge < -0.3 is 21.1 Å². The number of ether oxygens (including phenoxy) is 1. The Morgan fingerprint density at radius 3 is 2.43 bits per heavy atom. The normalized spacial score (nSPS) is 10.2. The van der Waals surface area contributed by atoms with Crippen molar-refractivity contribution in [1.82, 2.24) is 5.32 Å². The van der Waals surface area contributed by atoms with Crippen molar-refractivity contribution in [3.63, 3.8) is 0 Å². The number of nitrogens with one attached hydrogen (secondary N) is 2. The van der Waals surface area contributed by atoms with Crippen LogP contribution in [0.5, 0.6) is 5.75 Å². The van der Waals surface area contributed by atoms with E-state index in [0.717, 1.165) is 12.1 Å². The van der Waals surface area contributed by atoms with Gasteiger partial charge in [-0.3, -0.25) is 14.4 Å². The predicted molar refractivity (Wildman–Crippen MR) is 103 cm³/mol. The number of halogens is 2. The minimum Gasteiger partial charge on any atom is -0.493 e. The average Bonchev–Trinajstić information content (AvgIpc) is 2.62. The highest BCUT2D eigenvalue weighted by molar-refractivity contribution is 6.33. The first-order valence-corrected chi connectivity index (χ1v) is 8.77. The third-order valence-electron chi connectivity index (χ3n) is 3.57. The van der Waals surface area contributed by atoms with E-state index in [4.69, 9.17) is 22.1 Å². The van der Waals surface area contributed by atoms with Gasteiger partial charge in [0.2, 0.25) is 11.8 Å². The lowest BCUT2D eigenvalue weighted by Crippen LogP contribution is -2.27. The molecule has 0 bridgehead atoms. The van der Waals surface area contributed by atoms with Gasteiger partial charge in [0, 0.05) is 18.7 Å². The Hall–Kier alpha value is -3.13. The first kappa shape index (κ1) is 21.2. The molecule has 2 aromatic carbocycles. The van der Waals surface area contributed by atoms with Gasteiger partial charge in [0.05, 0.1) is 23.6 Å². The van der Waals surface area contributed by atoms with E-state index >= 15 is 0 Å². The molecule has 0 fully saturated rings. The van der Waals surface area contributed by atoms with Gasteiger partial charge in [-0.2, -0.15) is 0 Å². The largest absolute Gasteiger partial charge is 0.493 e. The van der Waals surface area contributed by atoms with E-state index in [1.165, 1.54) is 6.07 Å². The SMILES string of the molecule is NC(=O)CCOc1ccc(NC(=O)CCNC(=O)c2ccc(F)cc2Cl)cc1. The molecule has 0 saturated heterocycles. The number of anilines is 1. The molecule has 4 N–H and O–H groups in total. The lowest BCUT2D eigenvalue weighted by Gasteiger charge is -2.09. The molecule has 0 spiro atoms. The van der Waals surface area contributed by atoms with Crippen LogP contribution >= 0.6 is 11.6 Å². The van der Waals surface area contributed by atoms with Crippen molar-refractivity contribution in [2.75, 3.05) is 18.5 Å². The molecule has 148 valence electrons. The molecule has 0 aliphatic carbocycles. The third kappa shape index (κ3) is 6.88. The van der Waals surface area contributed by atoms with Crippen molar-refractivity contribution in [2.45, 2.75) is 12.8 Å². The molecule has 28 heavy (non-hydrogen) atoms. The lowest BCUT2D eigenvalue weighted by molar-refractivity contribution is -0.118. The van der Waals surface area contributed by atoms with Gasteiger partial charge in [-0.15, -0.1) is 0 Å². The molecule has 2 aromatic rings. The van der Waals surface area contributed by atoms with Crippen molar-refractivity contribution >= 4 is 35.0 Å². The molecule has 0 aliphatic rings. The fourth-order valence-corrected chi connectivity index (χ4v) is 2.44. The zero-order valence-electron chi connectivity index (χ0n) is 14.8. The number of carbonyl (C=O) groups excluding carboxylic acids is 3. The van der Waals surface area contributed by atoms with Gasteiger partial charge in [-0.25, -0.2) is 4.39 Å². The predicted octanol–water partition coefficient (Wildman–Crippen LogP) is 2.49. The highest BCUT2D eigenvalue weighted by Crippen LogP contribution is 2.17. The number of nitrogens with two attached hydrogens (primary N) is 1. The second kappa shape index (κ2) is 10.3. The van der Waals surface area contributed by atoms with Crippen LogP contribution in [0.2, 0.25) is 5.02 Å². The Morgan fingerprint density at radius 2 is 1.79 bits per heavy atom. The molecular formula is C19H19ClFN3O4. The van der Waals surface area contributed by atoms with Gasteiger partial charge in [-0.1, -0.05) is 11.6 Å². The molecule has 0 atom stereocenters. The molecule has 0 unspecified atom stereocenters. The summed E-state index contributed by atoms with van der Waals surface area (Å²) in [5.74, 6) is -1.23. The topological polar surface area (TPSA) is 111 Å². The molecule has 0 aliphatic heterocycles. The van der Waals surface area contributed by atoms with E-state index in [9.17, 15) is 18.8 Å². The van der Waals surface area contributed by atoms with Crippen LogP contribution in [0, 0.1) is 5.82 Å². The summed E-state index contributed by atoms with van der Waals surface area (Å²) in [6.45, 7) is 0.269. The monoisotopic (exact) mass is 407 g/mol. The quantitative estimate of drug-likeness (QED) is 0.593. The second-order valence-corrected chi connectivity index (χ2v) is 6.17. The van der Waals surface area contributed by atoms with Crippen molar-refractivity contribution < 1.29 is 23.5 Å². The maximum absolute atomic E-state index is 13.0. The van der Waals surface area contributed by atoms with Crippen LogP contribution in [0.4, 0.5) is 10.1 Å². The number of benzene rings is 2. The van der Waals surface area contributed by atoms with E-state index in [1.54, 1.807) is 24.3 Å². The van der Waals surface area contributed by atoms with E-state index in [0.29, 0.717) is 11.4 Å². The third-order valence-corrected chi connectivity index (χ3v) is 3.88. The van der Waals surface area contributed by atoms with Crippen LogP contribution in [0.1, 0.15) is 23.2 Å². The summed E-state index contributed by atoms with van der Waals surface area (Å²) in [6.07, 6.45) is 0.161. The van der Waals surface area contributed by atoms with E-state index in [1.807, 2.05) is 0 Å². The Balaban J connectivity index is 1.74. The Bertz CT molecular complexity index is 859. The highest BCUT2D eigenvalue weighted by Gasteiger charge is 2.11. The van der Waals surface area contributed by atoms with Gasteiger partial charge in [-0.05, 0) is 42.5 Å². The standard InChI is InChI=1S/C19H19ClFN3O4/c20-16-11-12(21)1-6-15(16)19(27)23-9-7-18(26)24-13-2-4-14(5-3-13)28-10-8-17(22)25/h1-6,11H,7-10H2,(H2,22,25)(H,23,27)(H,24,26).